The molecule has 0 saturated heterocycles. The molecular weight excluding hydrogens is 358 g/mol. The van der Waals surface area contributed by atoms with Crippen LogP contribution in [-0.4, -0.2) is 9.55 Å². The van der Waals surface area contributed by atoms with E-state index >= 15 is 0 Å². The Morgan fingerprint density at radius 2 is 1.79 bits per heavy atom. The molecule has 0 spiro atoms. The summed E-state index contributed by atoms with van der Waals surface area (Å²) in [6.07, 6.45) is 3.68. The van der Waals surface area contributed by atoms with Crippen LogP contribution in [0.25, 0.3) is 17.1 Å². The Morgan fingerprint density at radius 3 is 2.55 bits per heavy atom. The Bertz CT molecular complexity index is 1180. The molecule has 29 heavy (non-hydrogen) atoms. The van der Waals surface area contributed by atoms with Crippen LogP contribution in [0.3, 0.4) is 0 Å². The zero-order valence-electron chi connectivity index (χ0n) is 16.2. The van der Waals surface area contributed by atoms with Gasteiger partial charge in [0.2, 0.25) is 0 Å². The van der Waals surface area contributed by atoms with Crippen LogP contribution in [-0.2, 0) is 13.2 Å². The van der Waals surface area contributed by atoms with Gasteiger partial charge in [-0.25, -0.2) is 4.98 Å². The van der Waals surface area contributed by atoms with Crippen molar-refractivity contribution >= 4 is 17.1 Å². The molecule has 1 aromatic heterocycles. The number of rotatable bonds is 6. The first-order valence-electron chi connectivity index (χ1n) is 9.50. The molecular formula is C25H21N3O. The fourth-order valence-corrected chi connectivity index (χ4v) is 3.15. The van der Waals surface area contributed by atoms with Crippen molar-refractivity contribution in [3.63, 3.8) is 0 Å². The average molecular weight is 379 g/mol. The Kier molecular flexibility index (Phi) is 5.40. The lowest BCUT2D eigenvalue weighted by Crippen LogP contribution is -1.98. The maximum atomic E-state index is 9.57. The minimum atomic E-state index is 0.489. The molecule has 0 unspecified atom stereocenters. The van der Waals surface area contributed by atoms with Crippen molar-refractivity contribution in [1.29, 1.82) is 5.26 Å². The average Bonchev–Trinajstić information content (AvgIpc) is 3.17. The maximum absolute atomic E-state index is 9.57. The van der Waals surface area contributed by atoms with E-state index in [-0.39, 0.29) is 0 Å². The summed E-state index contributed by atoms with van der Waals surface area (Å²) in [5.41, 5.74) is 5.96. The summed E-state index contributed by atoms with van der Waals surface area (Å²) in [6.45, 7) is 3.09. The third-order valence-corrected chi connectivity index (χ3v) is 4.76. The van der Waals surface area contributed by atoms with Crippen molar-refractivity contribution in [2.75, 3.05) is 0 Å². The van der Waals surface area contributed by atoms with Gasteiger partial charge in [0.15, 0.2) is 0 Å². The lowest BCUT2D eigenvalue weighted by molar-refractivity contribution is 0.306. The molecule has 0 bridgehead atoms. The molecule has 0 atom stereocenters. The van der Waals surface area contributed by atoms with Gasteiger partial charge in [-0.2, -0.15) is 5.26 Å². The monoisotopic (exact) mass is 379 g/mol. The van der Waals surface area contributed by atoms with E-state index in [1.165, 1.54) is 5.56 Å². The highest BCUT2D eigenvalue weighted by molar-refractivity contribution is 5.75. The number of fused-ring (bicyclic) bond motifs is 1. The first-order valence-corrected chi connectivity index (χ1v) is 9.50. The van der Waals surface area contributed by atoms with Gasteiger partial charge in [0.05, 0.1) is 30.0 Å². The molecule has 3 aromatic carbocycles. The van der Waals surface area contributed by atoms with Crippen LogP contribution in [0.2, 0.25) is 0 Å². The standard InChI is InChI=1S/C25H21N3O/c1-19-6-8-21(9-7-19)17-29-23-12-10-20(11-13-23)14-22(15-26)16-28-18-27-24-4-2-3-5-25(24)28/h2-14,18H,16-17H2,1H3/b22-14-. The van der Waals surface area contributed by atoms with E-state index in [1.807, 2.05) is 59.2 Å². The quantitative estimate of drug-likeness (QED) is 0.414. The first-order chi connectivity index (χ1) is 14.2. The SMILES string of the molecule is Cc1ccc(COc2ccc(/C=C(/C#N)Cn3cnc4ccccc43)cc2)cc1. The van der Waals surface area contributed by atoms with Crippen LogP contribution in [0.5, 0.6) is 5.75 Å². The molecule has 0 radical (unpaired) electrons. The number of hydrogen-bond acceptors (Lipinski definition) is 3. The number of aromatic nitrogens is 2. The van der Waals surface area contributed by atoms with Gasteiger partial charge in [-0.1, -0.05) is 54.1 Å². The van der Waals surface area contributed by atoms with Crippen molar-refractivity contribution in [3.8, 4) is 11.8 Å². The zero-order valence-corrected chi connectivity index (χ0v) is 16.2. The third-order valence-electron chi connectivity index (χ3n) is 4.76. The second-order valence-electron chi connectivity index (χ2n) is 6.99. The topological polar surface area (TPSA) is 50.8 Å². The lowest BCUT2D eigenvalue weighted by Gasteiger charge is -2.07. The van der Waals surface area contributed by atoms with E-state index < -0.39 is 0 Å². The molecule has 0 saturated carbocycles. The van der Waals surface area contributed by atoms with Crippen LogP contribution in [0, 0.1) is 18.3 Å². The van der Waals surface area contributed by atoms with E-state index in [9.17, 15) is 5.26 Å². The number of hydrogen-bond donors (Lipinski definition) is 0. The Balaban J connectivity index is 1.44. The molecule has 0 aliphatic rings. The molecule has 142 valence electrons. The number of aryl methyl sites for hydroxylation is 1. The molecule has 0 aliphatic carbocycles. The highest BCUT2D eigenvalue weighted by Crippen LogP contribution is 2.18. The maximum Gasteiger partial charge on any atom is 0.119 e. The molecule has 0 aliphatic heterocycles. The minimum Gasteiger partial charge on any atom is -0.489 e. The summed E-state index contributed by atoms with van der Waals surface area (Å²) in [6, 6.07) is 26.3. The van der Waals surface area contributed by atoms with Crippen LogP contribution in [0.15, 0.2) is 84.7 Å². The van der Waals surface area contributed by atoms with Gasteiger partial charge in [-0.05, 0) is 48.4 Å². The van der Waals surface area contributed by atoms with Crippen LogP contribution in [0.1, 0.15) is 16.7 Å². The van der Waals surface area contributed by atoms with Gasteiger partial charge in [0.1, 0.15) is 12.4 Å². The van der Waals surface area contributed by atoms with Crippen molar-refractivity contribution in [3.05, 3.63) is 101 Å². The summed E-state index contributed by atoms with van der Waals surface area (Å²) in [7, 11) is 0. The zero-order chi connectivity index (χ0) is 20.1. The molecule has 4 aromatic rings. The minimum absolute atomic E-state index is 0.489. The van der Waals surface area contributed by atoms with E-state index in [4.69, 9.17) is 4.74 Å². The number of benzene rings is 3. The molecule has 1 heterocycles. The Hall–Kier alpha value is -3.84. The van der Waals surface area contributed by atoms with Gasteiger partial charge in [-0.15, -0.1) is 0 Å². The predicted octanol–water partition coefficient (Wildman–Crippen LogP) is 5.53. The largest absolute Gasteiger partial charge is 0.489 e. The van der Waals surface area contributed by atoms with Crippen LogP contribution in [0.4, 0.5) is 0 Å². The number of nitrogens with zero attached hydrogens (tertiary/aromatic N) is 3. The third kappa shape index (κ3) is 4.53. The second-order valence-corrected chi connectivity index (χ2v) is 6.99. The molecule has 0 amide bonds. The fourth-order valence-electron chi connectivity index (χ4n) is 3.15. The number of allylic oxidation sites excluding steroid dienone is 1. The smallest absolute Gasteiger partial charge is 0.119 e. The van der Waals surface area contributed by atoms with E-state index in [1.54, 1.807) is 6.33 Å². The van der Waals surface area contributed by atoms with Crippen molar-refractivity contribution in [2.24, 2.45) is 0 Å². The van der Waals surface area contributed by atoms with Crippen molar-refractivity contribution < 1.29 is 4.74 Å². The Labute approximate surface area is 170 Å². The lowest BCUT2D eigenvalue weighted by atomic mass is 10.1. The summed E-state index contributed by atoms with van der Waals surface area (Å²) in [4.78, 5) is 4.38. The predicted molar refractivity (Wildman–Crippen MR) is 115 cm³/mol. The van der Waals surface area contributed by atoms with Gasteiger partial charge in [0, 0.05) is 5.57 Å². The summed E-state index contributed by atoms with van der Waals surface area (Å²) in [5.74, 6) is 0.807. The van der Waals surface area contributed by atoms with Crippen LogP contribution >= 0.6 is 0 Å². The van der Waals surface area contributed by atoms with Gasteiger partial charge >= 0.3 is 0 Å². The van der Waals surface area contributed by atoms with E-state index in [2.05, 4.69) is 42.2 Å². The van der Waals surface area contributed by atoms with E-state index in [0.29, 0.717) is 18.7 Å². The van der Waals surface area contributed by atoms with Gasteiger partial charge in [0.25, 0.3) is 0 Å². The number of ether oxygens (including phenoxy) is 1. The highest BCUT2D eigenvalue weighted by atomic mass is 16.5. The normalized spacial score (nSPS) is 11.4. The van der Waals surface area contributed by atoms with Crippen molar-refractivity contribution in [2.45, 2.75) is 20.1 Å². The number of para-hydroxylation sites is 2. The van der Waals surface area contributed by atoms with Crippen molar-refractivity contribution in [1.82, 2.24) is 9.55 Å². The first kappa shape index (κ1) is 18.5. The summed E-state index contributed by atoms with van der Waals surface area (Å²) >= 11 is 0. The second kappa shape index (κ2) is 8.45. The number of nitriles is 1. The fraction of sp³-hybridized carbons (Fsp3) is 0.120. The van der Waals surface area contributed by atoms with Gasteiger partial charge in [-0.3, -0.25) is 0 Å². The molecule has 4 heteroatoms. The highest BCUT2D eigenvalue weighted by Gasteiger charge is 2.05. The molecule has 0 fully saturated rings. The van der Waals surface area contributed by atoms with Crippen LogP contribution < -0.4 is 4.74 Å². The molecule has 4 nitrogen and oxygen atoms in total. The molecule has 0 N–H and O–H groups in total. The Morgan fingerprint density at radius 1 is 1.03 bits per heavy atom. The van der Waals surface area contributed by atoms with Gasteiger partial charge < -0.3 is 9.30 Å². The summed E-state index contributed by atoms with van der Waals surface area (Å²) < 4.78 is 7.84. The summed E-state index contributed by atoms with van der Waals surface area (Å²) in [5, 5.41) is 9.57. The van der Waals surface area contributed by atoms with E-state index in [0.717, 1.165) is 27.9 Å². The number of imidazole rings is 1. The molecule has 4 rings (SSSR count).